The van der Waals surface area contributed by atoms with Crippen LogP contribution < -0.4 is 0 Å². The molecule has 0 aromatic carbocycles. The van der Waals surface area contributed by atoms with Crippen LogP contribution in [0.15, 0.2) is 0 Å². The third-order valence-corrected chi connectivity index (χ3v) is 17.7. The maximum absolute atomic E-state index is 6.70. The van der Waals surface area contributed by atoms with Crippen LogP contribution in [0.5, 0.6) is 0 Å². The molecule has 0 radical (unpaired) electrons. The van der Waals surface area contributed by atoms with Crippen LogP contribution >= 0.6 is 0 Å². The largest absolute Gasteiger partial charge is 0.437 e. The third kappa shape index (κ3) is 13.0. The van der Waals surface area contributed by atoms with Crippen molar-refractivity contribution in [3.05, 3.63) is 0 Å². The van der Waals surface area contributed by atoms with Gasteiger partial charge in [0.25, 0.3) is 0 Å². The Kier molecular flexibility index (Phi) is 9.92. The number of rotatable bonds is 12. The second kappa shape index (κ2) is 9.62. The molecule has 1 unspecified atom stereocenters. The van der Waals surface area contributed by atoms with Crippen molar-refractivity contribution in [1.82, 2.24) is 0 Å². The first-order chi connectivity index (χ1) is 10.6. The van der Waals surface area contributed by atoms with E-state index in [1.807, 2.05) is 0 Å². The lowest BCUT2D eigenvalue weighted by Crippen LogP contribution is -2.53. The fourth-order valence-electron chi connectivity index (χ4n) is 3.34. The summed E-state index contributed by atoms with van der Waals surface area (Å²) in [5, 5.41) is 0. The van der Waals surface area contributed by atoms with E-state index in [4.69, 9.17) is 13.0 Å². The van der Waals surface area contributed by atoms with Crippen molar-refractivity contribution in [2.75, 3.05) is 13.2 Å². The monoisotopic (exact) mass is 408 g/mol. The molecular formula is C17H44O3Si4. The van der Waals surface area contributed by atoms with Crippen molar-refractivity contribution >= 4 is 33.3 Å². The zero-order chi connectivity index (χ0) is 19.2. The highest BCUT2D eigenvalue weighted by Crippen LogP contribution is 2.28. The first-order valence-electron chi connectivity index (χ1n) is 9.56. The average Bonchev–Trinajstić information content (AvgIpc) is 2.29. The molecule has 0 aliphatic carbocycles. The number of hydrogen-bond donors (Lipinski definition) is 0. The van der Waals surface area contributed by atoms with E-state index in [0.29, 0.717) is 5.92 Å². The van der Waals surface area contributed by atoms with E-state index in [1.165, 1.54) is 12.1 Å². The summed E-state index contributed by atoms with van der Waals surface area (Å²) in [6.07, 6.45) is 0. The molecule has 0 fully saturated rings. The van der Waals surface area contributed by atoms with Crippen LogP contribution in [0, 0.1) is 5.92 Å². The number of hydrogen-bond acceptors (Lipinski definition) is 3. The summed E-state index contributed by atoms with van der Waals surface area (Å²) in [4.78, 5) is 0. The Labute approximate surface area is 156 Å². The summed E-state index contributed by atoms with van der Waals surface area (Å²) in [5.41, 5.74) is 0. The Bertz CT molecular complexity index is 365. The highest BCUT2D eigenvalue weighted by atomic mass is 28.5. The van der Waals surface area contributed by atoms with E-state index >= 15 is 0 Å². The highest BCUT2D eigenvalue weighted by Gasteiger charge is 2.40. The lowest BCUT2D eigenvalue weighted by molar-refractivity contribution is 0.120. The Balaban J connectivity index is 4.63. The molecule has 1 atom stereocenters. The van der Waals surface area contributed by atoms with Gasteiger partial charge in [-0.1, -0.05) is 32.6 Å². The summed E-state index contributed by atoms with van der Waals surface area (Å²) in [5.74, 6) is 0.563. The first kappa shape index (κ1) is 24.7. The molecule has 0 bridgehead atoms. The van der Waals surface area contributed by atoms with E-state index in [0.717, 1.165) is 19.3 Å². The zero-order valence-corrected chi connectivity index (χ0v) is 22.3. The van der Waals surface area contributed by atoms with Gasteiger partial charge in [-0.25, -0.2) is 0 Å². The number of ether oxygens (including phenoxy) is 1. The Morgan fingerprint density at radius 3 is 1.71 bits per heavy atom. The smallest absolute Gasteiger partial charge is 0.311 e. The lowest BCUT2D eigenvalue weighted by atomic mass is 10.2. The standard InChI is InChI=1S/C17H44O3Si4/c1-12-18-15-17(2)16-23(8,9)20-24(10,11)19-22(6,7)14-13-21(3,4)5/h17H,12-16H2,1-11H3. The Morgan fingerprint density at radius 1 is 0.750 bits per heavy atom. The molecule has 0 saturated carbocycles. The molecule has 0 N–H and O–H groups in total. The molecule has 0 aromatic heterocycles. The maximum Gasteiger partial charge on any atom is 0.311 e. The fourth-order valence-corrected chi connectivity index (χ4v) is 22.5. The van der Waals surface area contributed by atoms with Crippen molar-refractivity contribution in [3.8, 4) is 0 Å². The molecule has 0 amide bonds. The molecule has 0 saturated heterocycles. The quantitative estimate of drug-likeness (QED) is 0.363. The van der Waals surface area contributed by atoms with Gasteiger partial charge in [0, 0.05) is 21.3 Å². The minimum absolute atomic E-state index is 0.563. The van der Waals surface area contributed by atoms with E-state index in [9.17, 15) is 0 Å². The van der Waals surface area contributed by atoms with Gasteiger partial charge in [-0.05, 0) is 64.2 Å². The lowest BCUT2D eigenvalue weighted by Gasteiger charge is -2.40. The molecule has 0 aromatic rings. The predicted octanol–water partition coefficient (Wildman–Crippen LogP) is 6.14. The van der Waals surface area contributed by atoms with E-state index in [-0.39, 0.29) is 0 Å². The van der Waals surface area contributed by atoms with Gasteiger partial charge in [0.05, 0.1) is 0 Å². The average molecular weight is 409 g/mol. The van der Waals surface area contributed by atoms with Crippen LogP contribution in [0.25, 0.3) is 0 Å². The Morgan fingerprint density at radius 2 is 1.25 bits per heavy atom. The molecule has 7 heteroatoms. The first-order valence-corrected chi connectivity index (χ1v) is 22.3. The zero-order valence-electron chi connectivity index (χ0n) is 18.3. The molecular weight excluding hydrogens is 365 g/mol. The SMILES string of the molecule is CCOCC(C)C[Si](C)(C)O[Si](C)(C)O[Si](C)(C)CC[Si](C)(C)C. The minimum Gasteiger partial charge on any atom is -0.437 e. The molecule has 146 valence electrons. The van der Waals surface area contributed by atoms with E-state index in [2.05, 4.69) is 72.8 Å². The normalized spacial score (nSPS) is 15.6. The molecule has 0 rings (SSSR count). The highest BCUT2D eigenvalue weighted by molar-refractivity contribution is 6.88. The molecule has 0 spiro atoms. The van der Waals surface area contributed by atoms with Gasteiger partial charge in [0.15, 0.2) is 16.6 Å². The molecule has 3 nitrogen and oxygen atoms in total. The van der Waals surface area contributed by atoms with Crippen LogP contribution in [0.2, 0.25) is 77.1 Å². The van der Waals surface area contributed by atoms with Crippen LogP contribution in [0.4, 0.5) is 0 Å². The van der Waals surface area contributed by atoms with E-state index in [1.54, 1.807) is 0 Å². The molecule has 0 heterocycles. The second-order valence-electron chi connectivity index (χ2n) is 10.2. The van der Waals surface area contributed by atoms with Crippen LogP contribution in [-0.2, 0) is 13.0 Å². The molecule has 24 heavy (non-hydrogen) atoms. The van der Waals surface area contributed by atoms with Gasteiger partial charge in [-0.2, -0.15) is 0 Å². The topological polar surface area (TPSA) is 27.7 Å². The maximum atomic E-state index is 6.70. The molecule has 0 aliphatic heterocycles. The van der Waals surface area contributed by atoms with Crippen molar-refractivity contribution in [1.29, 1.82) is 0 Å². The van der Waals surface area contributed by atoms with Gasteiger partial charge >= 0.3 is 8.56 Å². The van der Waals surface area contributed by atoms with Gasteiger partial charge in [0.1, 0.15) is 0 Å². The molecule has 0 aliphatic rings. The van der Waals surface area contributed by atoms with Gasteiger partial charge in [0.2, 0.25) is 0 Å². The van der Waals surface area contributed by atoms with E-state index < -0.39 is 33.3 Å². The van der Waals surface area contributed by atoms with Crippen molar-refractivity contribution in [2.24, 2.45) is 5.92 Å². The van der Waals surface area contributed by atoms with Gasteiger partial charge < -0.3 is 13.0 Å². The summed E-state index contributed by atoms with van der Waals surface area (Å²) in [6, 6.07) is 3.78. The van der Waals surface area contributed by atoms with Crippen LogP contribution in [-0.4, -0.2) is 46.5 Å². The summed E-state index contributed by atoms with van der Waals surface area (Å²) in [7, 11) is -6.43. The van der Waals surface area contributed by atoms with Gasteiger partial charge in [-0.15, -0.1) is 0 Å². The predicted molar refractivity (Wildman–Crippen MR) is 118 cm³/mol. The Hall–Kier alpha value is 0.748. The van der Waals surface area contributed by atoms with Crippen molar-refractivity contribution in [2.45, 2.75) is 90.9 Å². The van der Waals surface area contributed by atoms with Gasteiger partial charge in [-0.3, -0.25) is 0 Å². The third-order valence-electron chi connectivity index (χ3n) is 3.97. The van der Waals surface area contributed by atoms with Crippen LogP contribution in [0.3, 0.4) is 0 Å². The minimum atomic E-state index is -2.07. The summed E-state index contributed by atoms with van der Waals surface area (Å²) >= 11 is 0. The second-order valence-corrected chi connectivity index (χ2v) is 28.2. The summed E-state index contributed by atoms with van der Waals surface area (Å²) in [6.45, 7) is 27.2. The van der Waals surface area contributed by atoms with Crippen molar-refractivity contribution < 1.29 is 13.0 Å². The fraction of sp³-hybridized carbons (Fsp3) is 1.00. The van der Waals surface area contributed by atoms with Crippen LogP contribution in [0.1, 0.15) is 13.8 Å². The summed E-state index contributed by atoms with van der Waals surface area (Å²) < 4.78 is 19.0. The van der Waals surface area contributed by atoms with Crippen molar-refractivity contribution in [3.63, 3.8) is 0 Å².